The zero-order valence-corrected chi connectivity index (χ0v) is 34.5. The number of esters is 1. The zero-order chi connectivity index (χ0) is 43.2. The van der Waals surface area contributed by atoms with Crippen molar-refractivity contribution in [2.24, 2.45) is 0 Å². The van der Waals surface area contributed by atoms with E-state index in [-0.39, 0.29) is 61.4 Å². The predicted molar refractivity (Wildman–Crippen MR) is 223 cm³/mol. The number of aromatic nitrogens is 1. The van der Waals surface area contributed by atoms with Crippen molar-refractivity contribution in [1.82, 2.24) is 19.7 Å². The minimum Gasteiger partial charge on any atom is -0.477 e. The van der Waals surface area contributed by atoms with Crippen LogP contribution in [0.2, 0.25) is 0 Å². The molecule has 17 heteroatoms. The fraction of sp³-hybridized carbons (Fsp3) is 0.364. The second-order valence-corrected chi connectivity index (χ2v) is 17.4. The number of aromatic carboxylic acids is 1. The van der Waals surface area contributed by atoms with Crippen LogP contribution in [0.25, 0.3) is 10.9 Å². The highest BCUT2D eigenvalue weighted by atomic mass is 32.2. The quantitative estimate of drug-likeness (QED) is 0.111. The monoisotopic (exact) mass is 853 g/mol. The van der Waals surface area contributed by atoms with Crippen LogP contribution in [0.5, 0.6) is 0 Å². The highest BCUT2D eigenvalue weighted by Gasteiger charge is 2.55. The Morgan fingerprint density at radius 1 is 0.934 bits per heavy atom. The molecule has 318 valence electrons. The number of thioether (sulfide) groups is 1. The van der Waals surface area contributed by atoms with Crippen LogP contribution in [-0.4, -0.2) is 105 Å². The van der Waals surface area contributed by atoms with Crippen molar-refractivity contribution in [1.29, 1.82) is 0 Å². The van der Waals surface area contributed by atoms with E-state index in [9.17, 15) is 33.9 Å². The molecular weight excluding hydrogens is 810 g/mol. The van der Waals surface area contributed by atoms with Gasteiger partial charge in [0.2, 0.25) is 5.43 Å². The SMILES string of the molecule is CC(C)(C)OC(=O)N[C@H]1C(=O)N2C(C(=O)OC(c3ccccc3)c3ccccc3)=C(COC(=O)N3CCN(c4cc5c(cc4F)c(=O)c(C(=O)O)cn5C4CC4)CC3)CS[C@@H]12. The van der Waals surface area contributed by atoms with Crippen molar-refractivity contribution in [3.63, 3.8) is 0 Å². The van der Waals surface area contributed by atoms with Crippen LogP contribution in [0.3, 0.4) is 0 Å². The van der Waals surface area contributed by atoms with Gasteiger partial charge in [0.1, 0.15) is 40.7 Å². The van der Waals surface area contributed by atoms with E-state index in [1.54, 1.807) is 36.3 Å². The number of benzene rings is 3. The number of halogens is 1. The number of nitrogens with zero attached hydrogens (tertiary/aromatic N) is 4. The summed E-state index contributed by atoms with van der Waals surface area (Å²) < 4.78 is 34.7. The van der Waals surface area contributed by atoms with Gasteiger partial charge in [-0.3, -0.25) is 14.5 Å². The Hall–Kier alpha value is -6.36. The molecule has 2 atom stereocenters. The molecule has 3 aromatic carbocycles. The number of hydrogen-bond donors (Lipinski definition) is 2. The standard InChI is InChI=1S/C44H44FN5O10S/c1-44(2,3)60-42(56)46-34-38(52)50-35(41(55)59-37(25-10-6-4-7-11-25)26-12-8-5-9-13-26)27(24-61-39(34)50)23-58-43(57)48-18-16-47(17-19-48)33-21-32-29(20-31(33)45)36(51)30(40(53)54)22-49(32)28-14-15-28/h4-13,20-22,28,34,37,39H,14-19,23-24H2,1-3H3,(H,46,56)(H,53,54)/t34-,39-/m0/s1. The van der Waals surface area contributed by atoms with Gasteiger partial charge < -0.3 is 39.0 Å². The van der Waals surface area contributed by atoms with Crippen LogP contribution >= 0.6 is 11.8 Å². The summed E-state index contributed by atoms with van der Waals surface area (Å²) in [5.41, 5.74) is 0.365. The van der Waals surface area contributed by atoms with E-state index in [0.29, 0.717) is 22.2 Å². The van der Waals surface area contributed by atoms with Crippen molar-refractivity contribution >= 4 is 58.4 Å². The van der Waals surface area contributed by atoms with Crippen molar-refractivity contribution in [2.75, 3.05) is 43.4 Å². The van der Waals surface area contributed by atoms with Crippen LogP contribution < -0.4 is 15.6 Å². The number of anilines is 1. The van der Waals surface area contributed by atoms with Gasteiger partial charge in [-0.2, -0.15) is 0 Å². The third-order valence-electron chi connectivity index (χ3n) is 10.9. The number of ether oxygens (including phenoxy) is 3. The van der Waals surface area contributed by atoms with Gasteiger partial charge >= 0.3 is 24.1 Å². The van der Waals surface area contributed by atoms with Crippen LogP contribution in [-0.2, 0) is 23.8 Å². The summed E-state index contributed by atoms with van der Waals surface area (Å²) in [6.07, 6.45) is 0.660. The summed E-state index contributed by atoms with van der Waals surface area (Å²) in [6, 6.07) is 20.0. The topological polar surface area (TPSA) is 177 Å². The molecule has 1 aromatic heterocycles. The fourth-order valence-electron chi connectivity index (χ4n) is 7.74. The number of piperazine rings is 1. The number of rotatable bonds is 10. The molecule has 0 spiro atoms. The highest BCUT2D eigenvalue weighted by molar-refractivity contribution is 8.00. The molecule has 1 saturated carbocycles. The van der Waals surface area contributed by atoms with Gasteiger partial charge in [0.05, 0.1) is 11.2 Å². The maximum Gasteiger partial charge on any atom is 0.410 e. The van der Waals surface area contributed by atoms with Gasteiger partial charge in [-0.15, -0.1) is 11.8 Å². The van der Waals surface area contributed by atoms with E-state index in [1.165, 1.54) is 27.8 Å². The van der Waals surface area contributed by atoms with Gasteiger partial charge in [0.25, 0.3) is 5.91 Å². The second kappa shape index (κ2) is 16.6. The number of hydrogen-bond acceptors (Lipinski definition) is 11. The maximum absolute atomic E-state index is 15.6. The first-order chi connectivity index (χ1) is 29.2. The molecule has 0 bridgehead atoms. The maximum atomic E-state index is 15.6. The lowest BCUT2D eigenvalue weighted by atomic mass is 10.0. The largest absolute Gasteiger partial charge is 0.477 e. The van der Waals surface area contributed by atoms with Gasteiger partial charge in [0, 0.05) is 55.1 Å². The fourth-order valence-corrected chi connectivity index (χ4v) is 9.07. The molecule has 4 aromatic rings. The number of fused-ring (bicyclic) bond motifs is 2. The third-order valence-corrected chi connectivity index (χ3v) is 12.2. The minimum absolute atomic E-state index is 0.00887. The zero-order valence-electron chi connectivity index (χ0n) is 33.7. The Morgan fingerprint density at radius 3 is 2.16 bits per heavy atom. The van der Waals surface area contributed by atoms with Crippen LogP contribution in [0.1, 0.15) is 67.2 Å². The van der Waals surface area contributed by atoms with Crippen molar-refractivity contribution in [3.05, 3.63) is 123 Å². The minimum atomic E-state index is -1.37. The number of carbonyl (C=O) groups excluding carboxylic acids is 4. The highest BCUT2D eigenvalue weighted by Crippen LogP contribution is 2.42. The summed E-state index contributed by atoms with van der Waals surface area (Å²) in [4.78, 5) is 83.5. The smallest absolute Gasteiger partial charge is 0.410 e. The Morgan fingerprint density at radius 2 is 1.57 bits per heavy atom. The van der Waals surface area contributed by atoms with Crippen LogP contribution in [0.4, 0.5) is 19.7 Å². The van der Waals surface area contributed by atoms with Gasteiger partial charge in [0.15, 0.2) is 6.10 Å². The van der Waals surface area contributed by atoms with Gasteiger partial charge in [-0.1, -0.05) is 60.7 Å². The first-order valence-corrected chi connectivity index (χ1v) is 21.0. The summed E-state index contributed by atoms with van der Waals surface area (Å²) in [5.74, 6) is -3.24. The van der Waals surface area contributed by atoms with Crippen molar-refractivity contribution in [2.45, 2.75) is 62.8 Å². The average Bonchev–Trinajstić information content (AvgIpc) is 4.09. The van der Waals surface area contributed by atoms with Crippen LogP contribution in [0.15, 0.2) is 95.1 Å². The molecule has 61 heavy (non-hydrogen) atoms. The predicted octanol–water partition coefficient (Wildman–Crippen LogP) is 5.83. The first-order valence-electron chi connectivity index (χ1n) is 19.9. The molecule has 3 aliphatic heterocycles. The Bertz CT molecular complexity index is 2460. The van der Waals surface area contributed by atoms with Crippen molar-refractivity contribution < 1.29 is 47.7 Å². The molecule has 1 aliphatic carbocycles. The number of β-lactam (4-membered cyclic amide) rings is 1. The molecule has 3 fully saturated rings. The molecule has 3 amide bonds. The van der Waals surface area contributed by atoms with E-state index in [0.717, 1.165) is 18.9 Å². The summed E-state index contributed by atoms with van der Waals surface area (Å²) in [5, 5.41) is 11.6. The van der Waals surface area contributed by atoms with E-state index in [4.69, 9.17) is 14.2 Å². The number of amides is 3. The second-order valence-electron chi connectivity index (χ2n) is 16.3. The van der Waals surface area contributed by atoms with Gasteiger partial charge in [-0.25, -0.2) is 23.6 Å². The van der Waals surface area contributed by atoms with E-state index >= 15 is 4.39 Å². The molecule has 4 aliphatic rings. The Kier molecular flexibility index (Phi) is 11.3. The normalized spacial score (nSPS) is 19.0. The lowest BCUT2D eigenvalue weighted by Gasteiger charge is -2.49. The summed E-state index contributed by atoms with van der Waals surface area (Å²) in [6.45, 7) is 5.55. The molecule has 15 nitrogen and oxygen atoms in total. The molecule has 2 saturated heterocycles. The molecular formula is C44H44FN5O10S. The number of carboxylic acid groups (broad SMARTS) is 1. The third kappa shape index (κ3) is 8.51. The molecule has 2 N–H and O–H groups in total. The summed E-state index contributed by atoms with van der Waals surface area (Å²) >= 11 is 1.29. The number of pyridine rings is 1. The van der Waals surface area contributed by atoms with E-state index in [1.807, 2.05) is 60.7 Å². The van der Waals surface area contributed by atoms with E-state index in [2.05, 4.69) is 5.32 Å². The molecule has 0 unspecified atom stereocenters. The van der Waals surface area contributed by atoms with Crippen molar-refractivity contribution in [3.8, 4) is 0 Å². The summed E-state index contributed by atoms with van der Waals surface area (Å²) in [7, 11) is 0. The molecule has 4 heterocycles. The number of alkyl carbamates (subject to hydrolysis) is 1. The number of carbonyl (C=O) groups is 5. The molecule has 8 rings (SSSR count). The lowest BCUT2D eigenvalue weighted by molar-refractivity contribution is -0.153. The first kappa shape index (κ1) is 41.4. The average molecular weight is 854 g/mol. The van der Waals surface area contributed by atoms with Crippen LogP contribution in [0, 0.1) is 5.82 Å². The molecule has 0 radical (unpaired) electrons. The lowest BCUT2D eigenvalue weighted by Crippen LogP contribution is -2.71. The van der Waals surface area contributed by atoms with E-state index < -0.39 is 70.0 Å². The number of nitrogens with one attached hydrogen (secondary N) is 1. The Labute approximate surface area is 354 Å². The Balaban J connectivity index is 0.996. The number of carboxylic acids is 1. The van der Waals surface area contributed by atoms with Gasteiger partial charge in [-0.05, 0) is 56.9 Å².